The van der Waals surface area contributed by atoms with Crippen LogP contribution in [0.3, 0.4) is 0 Å². The first-order valence-electron chi connectivity index (χ1n) is 8.92. The lowest BCUT2D eigenvalue weighted by Gasteiger charge is -2.30. The maximum Gasteiger partial charge on any atom is 0.271 e. The minimum atomic E-state index is -0.168. The third kappa shape index (κ3) is 3.77. The van der Waals surface area contributed by atoms with Gasteiger partial charge >= 0.3 is 0 Å². The number of nitrogens with one attached hydrogen (secondary N) is 2. The SMILES string of the molecule is O=C(NCCCCO)c1ncn2c1CCC(C(=O)NC1CCC1)C2. The van der Waals surface area contributed by atoms with E-state index in [0.717, 1.165) is 31.4 Å². The van der Waals surface area contributed by atoms with E-state index in [0.29, 0.717) is 37.7 Å². The molecule has 132 valence electrons. The number of aliphatic hydroxyl groups is 1. The Morgan fingerprint density at radius 2 is 2.12 bits per heavy atom. The molecule has 2 amide bonds. The molecular weight excluding hydrogens is 308 g/mol. The molecule has 3 rings (SSSR count). The van der Waals surface area contributed by atoms with E-state index in [9.17, 15) is 9.59 Å². The molecule has 1 aliphatic carbocycles. The highest BCUT2D eigenvalue weighted by molar-refractivity contribution is 5.93. The maximum absolute atomic E-state index is 12.3. The second-order valence-electron chi connectivity index (χ2n) is 6.75. The Morgan fingerprint density at radius 3 is 2.83 bits per heavy atom. The smallest absolute Gasteiger partial charge is 0.271 e. The number of amides is 2. The Morgan fingerprint density at radius 1 is 1.29 bits per heavy atom. The van der Waals surface area contributed by atoms with Gasteiger partial charge in [0.25, 0.3) is 5.91 Å². The lowest BCUT2D eigenvalue weighted by Crippen LogP contribution is -2.44. The molecule has 2 aliphatic rings. The zero-order chi connectivity index (χ0) is 16.9. The van der Waals surface area contributed by atoms with E-state index in [1.807, 2.05) is 4.57 Å². The predicted molar refractivity (Wildman–Crippen MR) is 88.5 cm³/mol. The van der Waals surface area contributed by atoms with Crippen LogP contribution in [0.25, 0.3) is 0 Å². The van der Waals surface area contributed by atoms with Crippen molar-refractivity contribution < 1.29 is 14.7 Å². The Balaban J connectivity index is 1.55. The Bertz CT molecular complexity index is 595. The molecule has 1 aliphatic heterocycles. The summed E-state index contributed by atoms with van der Waals surface area (Å²) in [4.78, 5) is 28.8. The largest absolute Gasteiger partial charge is 0.396 e. The Kier molecular flexibility index (Phi) is 5.50. The van der Waals surface area contributed by atoms with Crippen LogP contribution in [0.5, 0.6) is 0 Å². The van der Waals surface area contributed by atoms with E-state index in [-0.39, 0.29) is 24.3 Å². The molecule has 1 saturated carbocycles. The third-order valence-electron chi connectivity index (χ3n) is 5.00. The van der Waals surface area contributed by atoms with Crippen LogP contribution in [0.15, 0.2) is 6.33 Å². The minimum absolute atomic E-state index is 0.0345. The van der Waals surface area contributed by atoms with Gasteiger partial charge in [-0.05, 0) is 44.9 Å². The van der Waals surface area contributed by atoms with Gasteiger partial charge in [0.15, 0.2) is 0 Å². The Labute approximate surface area is 141 Å². The van der Waals surface area contributed by atoms with Crippen molar-refractivity contribution >= 4 is 11.8 Å². The first-order chi connectivity index (χ1) is 11.7. The molecule has 0 bridgehead atoms. The van der Waals surface area contributed by atoms with Crippen molar-refractivity contribution in [3.8, 4) is 0 Å². The summed E-state index contributed by atoms with van der Waals surface area (Å²) in [6.07, 6.45) is 7.95. The highest BCUT2D eigenvalue weighted by atomic mass is 16.3. The second-order valence-corrected chi connectivity index (χ2v) is 6.75. The molecule has 1 fully saturated rings. The van der Waals surface area contributed by atoms with E-state index in [1.165, 1.54) is 6.42 Å². The van der Waals surface area contributed by atoms with Crippen LogP contribution in [0.2, 0.25) is 0 Å². The molecule has 1 aromatic rings. The van der Waals surface area contributed by atoms with Gasteiger partial charge in [-0.25, -0.2) is 4.98 Å². The van der Waals surface area contributed by atoms with Gasteiger partial charge in [-0.1, -0.05) is 0 Å². The zero-order valence-corrected chi connectivity index (χ0v) is 14.0. The molecule has 1 unspecified atom stereocenters. The molecule has 24 heavy (non-hydrogen) atoms. The van der Waals surface area contributed by atoms with Crippen LogP contribution in [-0.2, 0) is 17.8 Å². The number of fused-ring (bicyclic) bond motifs is 1. The minimum Gasteiger partial charge on any atom is -0.396 e. The van der Waals surface area contributed by atoms with Gasteiger partial charge in [-0.2, -0.15) is 0 Å². The third-order valence-corrected chi connectivity index (χ3v) is 5.00. The monoisotopic (exact) mass is 334 g/mol. The van der Waals surface area contributed by atoms with Crippen molar-refractivity contribution in [3.05, 3.63) is 17.7 Å². The summed E-state index contributed by atoms with van der Waals surface area (Å²) in [5.41, 5.74) is 1.39. The summed E-state index contributed by atoms with van der Waals surface area (Å²) in [5, 5.41) is 14.7. The van der Waals surface area contributed by atoms with Crippen molar-refractivity contribution in [1.82, 2.24) is 20.2 Å². The number of carbonyl (C=O) groups excluding carboxylic acids is 2. The summed E-state index contributed by atoms with van der Waals surface area (Å²) in [6, 6.07) is 0.363. The average Bonchev–Trinajstić information content (AvgIpc) is 2.97. The van der Waals surface area contributed by atoms with Crippen molar-refractivity contribution in [3.63, 3.8) is 0 Å². The molecule has 0 spiro atoms. The number of aliphatic hydroxyl groups excluding tert-OH is 1. The number of unbranched alkanes of at least 4 members (excludes halogenated alkanes) is 1. The topological polar surface area (TPSA) is 96.2 Å². The molecular formula is C17H26N4O3. The van der Waals surface area contributed by atoms with Gasteiger partial charge in [0, 0.05) is 25.7 Å². The number of rotatable bonds is 7. The normalized spacial score (nSPS) is 20.1. The van der Waals surface area contributed by atoms with Gasteiger partial charge in [-0.15, -0.1) is 0 Å². The number of imidazole rings is 1. The number of nitrogens with zero attached hydrogens (tertiary/aromatic N) is 2. The summed E-state index contributed by atoms with van der Waals surface area (Å²) in [7, 11) is 0. The second kappa shape index (κ2) is 7.79. The number of aromatic nitrogens is 2. The molecule has 0 aromatic carbocycles. The molecule has 0 radical (unpaired) electrons. The number of carbonyl (C=O) groups is 2. The average molecular weight is 334 g/mol. The molecule has 3 N–H and O–H groups in total. The predicted octanol–water partition coefficient (Wildman–Crippen LogP) is 0.616. The zero-order valence-electron chi connectivity index (χ0n) is 14.0. The van der Waals surface area contributed by atoms with Crippen LogP contribution in [-0.4, -0.2) is 45.7 Å². The van der Waals surface area contributed by atoms with E-state index in [4.69, 9.17) is 5.11 Å². The standard InChI is InChI=1S/C17H26N4O3/c22-9-2-1-8-18-17(24)15-14-7-6-12(10-21(14)11-19-15)16(23)20-13-4-3-5-13/h11-13,22H,1-10H2,(H,18,24)(H,20,23). The van der Waals surface area contributed by atoms with Crippen LogP contribution < -0.4 is 10.6 Å². The van der Waals surface area contributed by atoms with Gasteiger partial charge in [0.05, 0.1) is 17.9 Å². The molecule has 2 heterocycles. The fraction of sp³-hybridized carbons (Fsp3) is 0.706. The lowest BCUT2D eigenvalue weighted by atomic mass is 9.91. The van der Waals surface area contributed by atoms with Crippen molar-refractivity contribution in [2.45, 2.75) is 57.5 Å². The van der Waals surface area contributed by atoms with Crippen LogP contribution in [0.1, 0.15) is 54.7 Å². The number of hydrogen-bond donors (Lipinski definition) is 3. The first-order valence-corrected chi connectivity index (χ1v) is 8.92. The first kappa shape index (κ1) is 17.0. The molecule has 7 heteroatoms. The summed E-state index contributed by atoms with van der Waals surface area (Å²) in [6.45, 7) is 1.27. The van der Waals surface area contributed by atoms with Crippen LogP contribution in [0.4, 0.5) is 0 Å². The van der Waals surface area contributed by atoms with Crippen molar-refractivity contribution in [1.29, 1.82) is 0 Å². The summed E-state index contributed by atoms with van der Waals surface area (Å²) >= 11 is 0. The molecule has 1 aromatic heterocycles. The van der Waals surface area contributed by atoms with Crippen LogP contribution >= 0.6 is 0 Å². The maximum atomic E-state index is 12.3. The molecule has 1 atom stereocenters. The van der Waals surface area contributed by atoms with E-state index < -0.39 is 0 Å². The molecule has 7 nitrogen and oxygen atoms in total. The van der Waals surface area contributed by atoms with Gasteiger partial charge < -0.3 is 20.3 Å². The molecule has 0 saturated heterocycles. The Hall–Kier alpha value is -1.89. The quantitative estimate of drug-likeness (QED) is 0.637. The lowest BCUT2D eigenvalue weighted by molar-refractivity contribution is -0.127. The van der Waals surface area contributed by atoms with Crippen molar-refractivity contribution in [2.75, 3.05) is 13.2 Å². The summed E-state index contributed by atoms with van der Waals surface area (Å²) < 4.78 is 1.94. The van der Waals surface area contributed by atoms with E-state index >= 15 is 0 Å². The fourth-order valence-corrected chi connectivity index (χ4v) is 3.26. The summed E-state index contributed by atoms with van der Waals surface area (Å²) in [5.74, 6) is -0.0686. The van der Waals surface area contributed by atoms with Gasteiger partial charge in [-0.3, -0.25) is 9.59 Å². The van der Waals surface area contributed by atoms with Crippen LogP contribution in [0, 0.1) is 5.92 Å². The highest BCUT2D eigenvalue weighted by Crippen LogP contribution is 2.24. The fourth-order valence-electron chi connectivity index (χ4n) is 3.26. The van der Waals surface area contributed by atoms with Gasteiger partial charge in [0.2, 0.25) is 5.91 Å². The van der Waals surface area contributed by atoms with E-state index in [2.05, 4.69) is 15.6 Å². The van der Waals surface area contributed by atoms with Crippen molar-refractivity contribution in [2.24, 2.45) is 5.92 Å². The number of hydrogen-bond acceptors (Lipinski definition) is 4. The van der Waals surface area contributed by atoms with E-state index in [1.54, 1.807) is 6.33 Å². The van der Waals surface area contributed by atoms with Gasteiger partial charge in [0.1, 0.15) is 5.69 Å². The highest BCUT2D eigenvalue weighted by Gasteiger charge is 2.30.